The number of ether oxygens (including phenoxy) is 1. The molecule has 1 aliphatic heterocycles. The minimum atomic E-state index is -4.70. The van der Waals surface area contributed by atoms with Crippen LogP contribution in [-0.4, -0.2) is 24.5 Å². The van der Waals surface area contributed by atoms with Crippen LogP contribution < -0.4 is 5.43 Å². The first kappa shape index (κ1) is 21.3. The van der Waals surface area contributed by atoms with Gasteiger partial charge in [-0.25, -0.2) is 4.79 Å². The molecule has 2 atom stereocenters. The molecular weight excluding hydrogens is 401 g/mol. The number of para-hydroxylation sites is 1. The Labute approximate surface area is 169 Å². The van der Waals surface area contributed by atoms with E-state index in [0.29, 0.717) is 17.0 Å². The van der Waals surface area contributed by atoms with Gasteiger partial charge in [0.05, 0.1) is 22.9 Å². The lowest BCUT2D eigenvalue weighted by molar-refractivity contribution is -0.183. The predicted octanol–water partition coefficient (Wildman–Crippen LogP) is 4.18. The third kappa shape index (κ3) is 3.99. The van der Waals surface area contributed by atoms with Crippen LogP contribution in [0.2, 0.25) is 0 Å². The molecule has 0 spiro atoms. The van der Waals surface area contributed by atoms with Crippen LogP contribution in [-0.2, 0) is 9.53 Å². The number of rotatable bonds is 3. The first-order valence-electron chi connectivity index (χ1n) is 8.96. The van der Waals surface area contributed by atoms with E-state index in [-0.39, 0.29) is 27.7 Å². The Hall–Kier alpha value is -3.41. The van der Waals surface area contributed by atoms with Gasteiger partial charge in [-0.3, -0.25) is 9.79 Å². The van der Waals surface area contributed by atoms with Gasteiger partial charge in [0.15, 0.2) is 12.0 Å². The van der Waals surface area contributed by atoms with Gasteiger partial charge in [-0.15, -0.1) is 0 Å². The van der Waals surface area contributed by atoms with Gasteiger partial charge >= 0.3 is 12.1 Å². The van der Waals surface area contributed by atoms with E-state index in [9.17, 15) is 28.0 Å². The number of hydrogen-bond donors (Lipinski definition) is 0. The van der Waals surface area contributed by atoms with Crippen molar-refractivity contribution in [3.05, 3.63) is 57.1 Å². The van der Waals surface area contributed by atoms with Crippen LogP contribution in [0, 0.1) is 24.2 Å². The first-order chi connectivity index (χ1) is 14.0. The molecule has 0 fully saturated rings. The van der Waals surface area contributed by atoms with E-state index in [2.05, 4.69) is 15.8 Å². The second kappa shape index (κ2) is 7.78. The van der Waals surface area contributed by atoms with Crippen LogP contribution >= 0.6 is 0 Å². The number of nitrogens with zero attached hydrogens (tertiary/aromatic N) is 2. The predicted molar refractivity (Wildman–Crippen MR) is 102 cm³/mol. The van der Waals surface area contributed by atoms with Crippen LogP contribution in [0.4, 0.5) is 13.2 Å². The first-order valence-corrected chi connectivity index (χ1v) is 8.96. The summed E-state index contributed by atoms with van der Waals surface area (Å²) in [6.45, 7) is 2.86. The van der Waals surface area contributed by atoms with E-state index in [4.69, 9.17) is 4.42 Å². The van der Waals surface area contributed by atoms with E-state index in [1.807, 2.05) is 0 Å². The summed E-state index contributed by atoms with van der Waals surface area (Å²) in [6.07, 6.45) is -4.70. The smallest absolute Gasteiger partial charge is 0.422 e. The van der Waals surface area contributed by atoms with E-state index >= 15 is 0 Å². The molecule has 0 N–H and O–H groups in total. The van der Waals surface area contributed by atoms with Crippen molar-refractivity contribution in [1.82, 2.24) is 0 Å². The molecule has 3 rings (SSSR count). The lowest BCUT2D eigenvalue weighted by atomic mass is 9.76. The van der Waals surface area contributed by atoms with E-state index in [1.165, 1.54) is 19.1 Å². The van der Waals surface area contributed by atoms with Gasteiger partial charge in [0.2, 0.25) is 0 Å². The van der Waals surface area contributed by atoms with Gasteiger partial charge < -0.3 is 9.15 Å². The Bertz CT molecular complexity index is 1190. The van der Waals surface area contributed by atoms with Crippen LogP contribution in [0.3, 0.4) is 0 Å². The number of benzene rings is 1. The summed E-state index contributed by atoms with van der Waals surface area (Å²) in [7, 11) is 0. The molecule has 0 bridgehead atoms. The van der Waals surface area contributed by atoms with Crippen LogP contribution in [0.5, 0.6) is 0 Å². The molecule has 2 aromatic rings. The third-order valence-electron chi connectivity index (χ3n) is 4.80. The summed E-state index contributed by atoms with van der Waals surface area (Å²) in [5.41, 5.74) is 0.534. The number of fused-ring (bicyclic) bond motifs is 1. The zero-order valence-electron chi connectivity index (χ0n) is 16.3. The summed E-state index contributed by atoms with van der Waals surface area (Å²) in [4.78, 5) is 29.2. The Morgan fingerprint density at radius 2 is 2.00 bits per heavy atom. The lowest BCUT2D eigenvalue weighted by Crippen LogP contribution is -2.31. The summed E-state index contributed by atoms with van der Waals surface area (Å²) < 4.78 is 47.9. The van der Waals surface area contributed by atoms with Crippen molar-refractivity contribution in [2.45, 2.75) is 32.9 Å². The quantitative estimate of drug-likeness (QED) is 0.698. The second-order valence-corrected chi connectivity index (χ2v) is 6.97. The second-order valence-electron chi connectivity index (χ2n) is 6.97. The number of nitriles is 1. The molecule has 0 radical (unpaired) electrons. The molecule has 1 aromatic carbocycles. The number of allylic oxidation sites excluding steroid dienone is 1. The molecule has 9 heteroatoms. The molecule has 0 amide bonds. The fourth-order valence-electron chi connectivity index (χ4n) is 3.59. The van der Waals surface area contributed by atoms with Gasteiger partial charge in [-0.2, -0.15) is 18.4 Å². The highest BCUT2D eigenvalue weighted by atomic mass is 19.4. The summed E-state index contributed by atoms with van der Waals surface area (Å²) in [5.74, 6) is -2.88. The minimum Gasteiger partial charge on any atom is -0.461 e. The highest BCUT2D eigenvalue weighted by Crippen LogP contribution is 2.41. The maximum absolute atomic E-state index is 12.6. The highest BCUT2D eigenvalue weighted by Gasteiger charge is 2.40. The number of halogens is 3. The molecule has 2 unspecified atom stereocenters. The zero-order valence-corrected chi connectivity index (χ0v) is 16.3. The molecule has 0 aliphatic carbocycles. The van der Waals surface area contributed by atoms with Crippen molar-refractivity contribution in [1.29, 1.82) is 5.26 Å². The van der Waals surface area contributed by atoms with E-state index < -0.39 is 30.6 Å². The van der Waals surface area contributed by atoms with E-state index in [0.717, 1.165) is 0 Å². The molecule has 30 heavy (non-hydrogen) atoms. The van der Waals surface area contributed by atoms with E-state index in [1.54, 1.807) is 26.0 Å². The molecular formula is C21H17F3N2O4. The standard InChI is InChI=1S/C21H17F3N2O4/c1-10-7-16(27)13-5-4-6-14(19(13)30-10)18-15(8-25)11(2)26-12(3)17(18)20(28)29-9-21(22,23)24/h4-7,15,18H,9H2,1-3H3. The summed E-state index contributed by atoms with van der Waals surface area (Å²) in [6, 6.07) is 8.04. The van der Waals surface area contributed by atoms with Crippen molar-refractivity contribution in [3.8, 4) is 6.07 Å². The third-order valence-corrected chi connectivity index (χ3v) is 4.80. The average Bonchev–Trinajstić information content (AvgIpc) is 2.64. The fraction of sp³-hybridized carbons (Fsp3) is 0.333. The minimum absolute atomic E-state index is 0.142. The molecule has 0 saturated heterocycles. The normalized spacial score (nSPS) is 19.4. The van der Waals surface area contributed by atoms with Crippen molar-refractivity contribution < 1.29 is 27.1 Å². The Balaban J connectivity index is 2.23. The topological polar surface area (TPSA) is 92.7 Å². The van der Waals surface area contributed by atoms with Gasteiger partial charge in [0.1, 0.15) is 11.3 Å². The molecule has 1 aromatic heterocycles. The number of alkyl halides is 3. The number of aliphatic imine (C=N–C) groups is 1. The maximum Gasteiger partial charge on any atom is 0.422 e. The van der Waals surface area contributed by atoms with Crippen molar-refractivity contribution >= 4 is 22.7 Å². The SMILES string of the molecule is CC1=NC(C)=C(C(=O)OCC(F)(F)F)C(c2cccc3c(=O)cc(C)oc23)C1C#N. The summed E-state index contributed by atoms with van der Waals surface area (Å²) >= 11 is 0. The monoisotopic (exact) mass is 418 g/mol. The number of hydrogen-bond acceptors (Lipinski definition) is 6. The highest BCUT2D eigenvalue weighted by molar-refractivity contribution is 5.99. The number of carbonyl (C=O) groups is 1. The van der Waals surface area contributed by atoms with Gasteiger partial charge in [-0.1, -0.05) is 12.1 Å². The summed E-state index contributed by atoms with van der Waals surface area (Å²) in [5, 5.41) is 9.97. The molecule has 1 aliphatic rings. The van der Waals surface area contributed by atoms with Gasteiger partial charge in [0.25, 0.3) is 0 Å². The Kier molecular flexibility index (Phi) is 5.53. The van der Waals surface area contributed by atoms with Crippen molar-refractivity contribution in [2.24, 2.45) is 10.9 Å². The van der Waals surface area contributed by atoms with Crippen LogP contribution in [0.25, 0.3) is 11.0 Å². The van der Waals surface area contributed by atoms with Crippen LogP contribution in [0.1, 0.15) is 31.1 Å². The Morgan fingerprint density at radius 3 is 2.63 bits per heavy atom. The van der Waals surface area contributed by atoms with Gasteiger partial charge in [-0.05, 0) is 26.8 Å². The molecule has 6 nitrogen and oxygen atoms in total. The number of esters is 1. The Morgan fingerprint density at radius 1 is 1.30 bits per heavy atom. The fourth-order valence-corrected chi connectivity index (χ4v) is 3.59. The van der Waals surface area contributed by atoms with Gasteiger partial charge in [0, 0.05) is 29.0 Å². The molecule has 0 saturated carbocycles. The van der Waals surface area contributed by atoms with Crippen LogP contribution in [0.15, 0.2) is 49.7 Å². The zero-order chi connectivity index (χ0) is 22.2. The number of aryl methyl sites for hydroxylation is 1. The van der Waals surface area contributed by atoms with Crippen molar-refractivity contribution in [2.75, 3.05) is 6.61 Å². The molecule has 156 valence electrons. The average molecular weight is 418 g/mol. The van der Waals surface area contributed by atoms with Crippen molar-refractivity contribution in [3.63, 3.8) is 0 Å². The maximum atomic E-state index is 12.6. The number of carbonyl (C=O) groups excluding carboxylic acids is 1. The molecule has 2 heterocycles. The largest absolute Gasteiger partial charge is 0.461 e. The lowest BCUT2D eigenvalue weighted by Gasteiger charge is -2.29.